The van der Waals surface area contributed by atoms with Gasteiger partial charge in [0.25, 0.3) is 0 Å². The number of rotatable bonds is 3. The van der Waals surface area contributed by atoms with Crippen LogP contribution in [0.15, 0.2) is 40.9 Å². The predicted molar refractivity (Wildman–Crippen MR) is 87.9 cm³/mol. The van der Waals surface area contributed by atoms with Gasteiger partial charge in [-0.15, -0.1) is 0 Å². The molecule has 0 heterocycles. The fourth-order valence-electron chi connectivity index (χ4n) is 2.84. The molecule has 0 bridgehead atoms. The SMILES string of the molecule is CC(O)c1cc(Br)ccc1Oc1ccc2c(c1)CCCC2. The molecule has 3 rings (SSSR count). The van der Waals surface area contributed by atoms with Crippen molar-refractivity contribution in [3.05, 3.63) is 57.6 Å². The summed E-state index contributed by atoms with van der Waals surface area (Å²) < 4.78 is 6.95. The highest BCUT2D eigenvalue weighted by molar-refractivity contribution is 9.10. The van der Waals surface area contributed by atoms with Gasteiger partial charge in [-0.2, -0.15) is 0 Å². The van der Waals surface area contributed by atoms with Crippen LogP contribution in [0.5, 0.6) is 11.5 Å². The molecular weight excluding hydrogens is 328 g/mol. The molecule has 2 aromatic carbocycles. The van der Waals surface area contributed by atoms with Crippen molar-refractivity contribution in [1.82, 2.24) is 0 Å². The third-order valence-corrected chi connectivity index (χ3v) is 4.46. The van der Waals surface area contributed by atoms with E-state index < -0.39 is 6.10 Å². The fourth-order valence-corrected chi connectivity index (χ4v) is 3.22. The lowest BCUT2D eigenvalue weighted by molar-refractivity contribution is 0.195. The van der Waals surface area contributed by atoms with Crippen molar-refractivity contribution in [1.29, 1.82) is 0 Å². The number of benzene rings is 2. The summed E-state index contributed by atoms with van der Waals surface area (Å²) in [5.41, 5.74) is 3.64. The summed E-state index contributed by atoms with van der Waals surface area (Å²) in [6, 6.07) is 12.1. The van der Waals surface area contributed by atoms with Crippen LogP contribution in [0.1, 0.15) is 42.6 Å². The Labute approximate surface area is 133 Å². The van der Waals surface area contributed by atoms with Crippen molar-refractivity contribution >= 4 is 15.9 Å². The molecule has 2 aromatic rings. The molecule has 3 heteroatoms. The van der Waals surface area contributed by atoms with Crippen LogP contribution < -0.4 is 4.74 Å². The number of aliphatic hydroxyl groups excluding tert-OH is 1. The lowest BCUT2D eigenvalue weighted by atomic mass is 9.92. The Kier molecular flexibility index (Phi) is 4.32. The molecule has 0 amide bonds. The van der Waals surface area contributed by atoms with Crippen molar-refractivity contribution in [2.75, 3.05) is 0 Å². The molecule has 1 unspecified atom stereocenters. The normalized spacial score (nSPS) is 15.4. The van der Waals surface area contributed by atoms with Gasteiger partial charge in [-0.1, -0.05) is 22.0 Å². The fraction of sp³-hybridized carbons (Fsp3) is 0.333. The molecule has 0 spiro atoms. The Morgan fingerprint density at radius 2 is 1.81 bits per heavy atom. The van der Waals surface area contributed by atoms with Crippen molar-refractivity contribution < 1.29 is 9.84 Å². The zero-order chi connectivity index (χ0) is 14.8. The molecule has 1 aliphatic rings. The van der Waals surface area contributed by atoms with Crippen molar-refractivity contribution in [2.45, 2.75) is 38.7 Å². The van der Waals surface area contributed by atoms with Crippen LogP contribution in [0, 0.1) is 0 Å². The number of halogens is 1. The van der Waals surface area contributed by atoms with E-state index >= 15 is 0 Å². The van der Waals surface area contributed by atoms with E-state index in [-0.39, 0.29) is 0 Å². The minimum atomic E-state index is -0.560. The first-order chi connectivity index (χ1) is 10.1. The van der Waals surface area contributed by atoms with Gasteiger partial charge in [0, 0.05) is 10.0 Å². The minimum Gasteiger partial charge on any atom is -0.457 e. The third kappa shape index (κ3) is 3.30. The molecule has 0 aromatic heterocycles. The van der Waals surface area contributed by atoms with Crippen molar-refractivity contribution in [3.63, 3.8) is 0 Å². The Bertz CT molecular complexity index is 650. The van der Waals surface area contributed by atoms with Gasteiger partial charge in [0.2, 0.25) is 0 Å². The van der Waals surface area contributed by atoms with E-state index in [2.05, 4.69) is 28.1 Å². The van der Waals surface area contributed by atoms with E-state index in [0.29, 0.717) is 5.75 Å². The van der Waals surface area contributed by atoms with Crippen LogP contribution >= 0.6 is 15.9 Å². The van der Waals surface area contributed by atoms with Gasteiger partial charge >= 0.3 is 0 Å². The van der Waals surface area contributed by atoms with Crippen LogP contribution in [0.25, 0.3) is 0 Å². The van der Waals surface area contributed by atoms with Crippen molar-refractivity contribution in [2.24, 2.45) is 0 Å². The lowest BCUT2D eigenvalue weighted by Crippen LogP contribution is -2.03. The first-order valence-electron chi connectivity index (χ1n) is 7.40. The van der Waals surface area contributed by atoms with Gasteiger partial charge in [-0.25, -0.2) is 0 Å². The summed E-state index contributed by atoms with van der Waals surface area (Å²) in [6.07, 6.45) is 4.29. The number of aliphatic hydroxyl groups is 1. The number of hydrogen-bond donors (Lipinski definition) is 1. The number of aryl methyl sites for hydroxylation is 2. The average Bonchev–Trinajstić information content (AvgIpc) is 2.49. The second kappa shape index (κ2) is 6.20. The van der Waals surface area contributed by atoms with Crippen LogP contribution in [-0.2, 0) is 12.8 Å². The van der Waals surface area contributed by atoms with Gasteiger partial charge < -0.3 is 9.84 Å². The maximum atomic E-state index is 9.90. The van der Waals surface area contributed by atoms with Crippen LogP contribution in [0.4, 0.5) is 0 Å². The molecule has 0 saturated carbocycles. The first kappa shape index (κ1) is 14.6. The maximum absolute atomic E-state index is 9.90. The van der Waals surface area contributed by atoms with Gasteiger partial charge in [-0.3, -0.25) is 0 Å². The molecule has 1 atom stereocenters. The molecule has 0 saturated heterocycles. The maximum Gasteiger partial charge on any atom is 0.133 e. The summed E-state index contributed by atoms with van der Waals surface area (Å²) in [5, 5.41) is 9.90. The quantitative estimate of drug-likeness (QED) is 0.830. The Morgan fingerprint density at radius 3 is 2.57 bits per heavy atom. The lowest BCUT2D eigenvalue weighted by Gasteiger charge is -2.18. The summed E-state index contributed by atoms with van der Waals surface area (Å²) in [4.78, 5) is 0. The predicted octanol–water partition coefficient (Wildman–Crippen LogP) is 5.17. The Morgan fingerprint density at radius 1 is 1.05 bits per heavy atom. The molecule has 2 nitrogen and oxygen atoms in total. The topological polar surface area (TPSA) is 29.5 Å². The largest absolute Gasteiger partial charge is 0.457 e. The monoisotopic (exact) mass is 346 g/mol. The van der Waals surface area contributed by atoms with Crippen LogP contribution in [-0.4, -0.2) is 5.11 Å². The molecular formula is C18H19BrO2. The minimum absolute atomic E-state index is 0.560. The highest BCUT2D eigenvalue weighted by atomic mass is 79.9. The highest BCUT2D eigenvalue weighted by Gasteiger charge is 2.13. The summed E-state index contributed by atoms with van der Waals surface area (Å²) in [7, 11) is 0. The number of fused-ring (bicyclic) bond motifs is 1. The highest BCUT2D eigenvalue weighted by Crippen LogP contribution is 2.33. The summed E-state index contributed by atoms with van der Waals surface area (Å²) in [6.45, 7) is 1.75. The first-order valence-corrected chi connectivity index (χ1v) is 8.20. The second-order valence-electron chi connectivity index (χ2n) is 5.60. The van der Waals surface area contributed by atoms with Gasteiger partial charge in [0.15, 0.2) is 0 Å². The zero-order valence-electron chi connectivity index (χ0n) is 12.1. The Balaban J connectivity index is 1.90. The average molecular weight is 347 g/mol. The molecule has 21 heavy (non-hydrogen) atoms. The van der Waals surface area contributed by atoms with Crippen LogP contribution in [0.2, 0.25) is 0 Å². The molecule has 1 aliphatic carbocycles. The molecule has 0 fully saturated rings. The van der Waals surface area contributed by atoms with Crippen molar-refractivity contribution in [3.8, 4) is 11.5 Å². The summed E-state index contributed by atoms with van der Waals surface area (Å²) >= 11 is 3.43. The van der Waals surface area contributed by atoms with E-state index in [4.69, 9.17) is 4.74 Å². The number of hydrogen-bond acceptors (Lipinski definition) is 2. The van der Waals surface area contributed by atoms with E-state index in [9.17, 15) is 5.11 Å². The second-order valence-corrected chi connectivity index (χ2v) is 6.51. The number of ether oxygens (including phenoxy) is 1. The third-order valence-electron chi connectivity index (χ3n) is 3.97. The molecule has 0 aliphatic heterocycles. The zero-order valence-corrected chi connectivity index (χ0v) is 13.7. The van der Waals surface area contributed by atoms with E-state index in [0.717, 1.165) is 22.2 Å². The van der Waals surface area contributed by atoms with Gasteiger partial charge in [-0.05, 0) is 74.1 Å². The standard InChI is InChI=1S/C18H19BrO2/c1-12(20)17-11-15(19)7-9-18(17)21-16-8-6-13-4-2-3-5-14(13)10-16/h6-12,20H,2-5H2,1H3. The van der Waals surface area contributed by atoms with Gasteiger partial charge in [0.05, 0.1) is 6.10 Å². The molecule has 1 N–H and O–H groups in total. The Hall–Kier alpha value is -1.32. The van der Waals surface area contributed by atoms with Gasteiger partial charge in [0.1, 0.15) is 11.5 Å². The summed E-state index contributed by atoms with van der Waals surface area (Å²) in [5.74, 6) is 1.56. The van der Waals surface area contributed by atoms with Crippen LogP contribution in [0.3, 0.4) is 0 Å². The molecule has 110 valence electrons. The van der Waals surface area contributed by atoms with E-state index in [1.807, 2.05) is 24.3 Å². The van der Waals surface area contributed by atoms with E-state index in [1.54, 1.807) is 6.92 Å². The molecule has 0 radical (unpaired) electrons. The smallest absolute Gasteiger partial charge is 0.133 e. The van der Waals surface area contributed by atoms with E-state index in [1.165, 1.54) is 30.4 Å².